The summed E-state index contributed by atoms with van der Waals surface area (Å²) >= 11 is 0. The van der Waals surface area contributed by atoms with Crippen LogP contribution < -0.4 is 19.7 Å². The predicted octanol–water partition coefficient (Wildman–Crippen LogP) is 4.63. The fraction of sp³-hybridized carbons (Fsp3) is 0.258. The van der Waals surface area contributed by atoms with Gasteiger partial charge in [-0.05, 0) is 36.8 Å². The minimum absolute atomic E-state index is 0.0705. The summed E-state index contributed by atoms with van der Waals surface area (Å²) in [7, 11) is 3.56. The molecule has 2 aromatic carbocycles. The molecule has 5 aromatic rings. The number of imidazole rings is 1. The summed E-state index contributed by atoms with van der Waals surface area (Å²) in [6.45, 7) is 7.91. The highest BCUT2D eigenvalue weighted by Crippen LogP contribution is 2.37. The average molecular weight is 666 g/mol. The molecular weight excluding hydrogens is 635 g/mol. The molecule has 2 N–H and O–H groups in total. The number of aliphatic carboxylic acids is 1. The van der Waals surface area contributed by atoms with E-state index in [1.807, 2.05) is 53.8 Å². The molecule has 0 bridgehead atoms. The Labute approximate surface area is 271 Å². The summed E-state index contributed by atoms with van der Waals surface area (Å²) in [5.41, 5.74) is 4.67. The molecule has 48 heavy (non-hydrogen) atoms. The topological polar surface area (TPSA) is 161 Å². The van der Waals surface area contributed by atoms with E-state index in [0.29, 0.717) is 71.9 Å². The largest absolute Gasteiger partial charge is 0.494 e. The molecule has 0 saturated carbocycles. The number of methoxy groups -OCH3 is 1. The summed E-state index contributed by atoms with van der Waals surface area (Å²) < 4.78 is 45.6. The van der Waals surface area contributed by atoms with Gasteiger partial charge in [0.25, 0.3) is 0 Å². The molecular formula is C31H30F3N9O5. The van der Waals surface area contributed by atoms with Gasteiger partial charge in [0, 0.05) is 45.4 Å². The molecule has 0 unspecified atom stereocenters. The van der Waals surface area contributed by atoms with Gasteiger partial charge in [-0.1, -0.05) is 6.58 Å². The number of nitrogens with one attached hydrogen (secondary N) is 1. The molecule has 0 spiro atoms. The first-order valence-corrected chi connectivity index (χ1v) is 14.4. The van der Waals surface area contributed by atoms with Gasteiger partial charge >= 0.3 is 12.1 Å². The van der Waals surface area contributed by atoms with Gasteiger partial charge in [0.2, 0.25) is 11.9 Å². The number of piperazine rings is 1. The van der Waals surface area contributed by atoms with Crippen LogP contribution in [0.3, 0.4) is 0 Å². The second-order valence-corrected chi connectivity index (χ2v) is 10.5. The number of carboxylic acids is 1. The molecule has 250 valence electrons. The number of aryl methyl sites for hydroxylation is 2. The Kier molecular flexibility index (Phi) is 9.58. The van der Waals surface area contributed by atoms with Crippen LogP contribution in [-0.4, -0.2) is 90.8 Å². The van der Waals surface area contributed by atoms with Crippen molar-refractivity contribution in [1.29, 1.82) is 0 Å². The van der Waals surface area contributed by atoms with Crippen molar-refractivity contribution < 1.29 is 37.3 Å². The summed E-state index contributed by atoms with van der Waals surface area (Å²) in [5, 5.41) is 10.5. The van der Waals surface area contributed by atoms with E-state index in [9.17, 15) is 18.0 Å². The highest BCUT2D eigenvalue weighted by Gasteiger charge is 2.38. The lowest BCUT2D eigenvalue weighted by molar-refractivity contribution is -0.192. The number of alkyl halides is 3. The van der Waals surface area contributed by atoms with E-state index in [2.05, 4.69) is 31.8 Å². The summed E-state index contributed by atoms with van der Waals surface area (Å²) in [4.78, 5) is 47.2. The molecule has 1 aliphatic heterocycles. The zero-order chi connectivity index (χ0) is 34.6. The minimum Gasteiger partial charge on any atom is -0.494 e. The van der Waals surface area contributed by atoms with Crippen LogP contribution in [0.25, 0.3) is 22.1 Å². The van der Waals surface area contributed by atoms with E-state index >= 15 is 0 Å². The van der Waals surface area contributed by atoms with Crippen LogP contribution in [0.2, 0.25) is 0 Å². The Hall–Kier alpha value is -6.00. The molecule has 6 rings (SSSR count). The van der Waals surface area contributed by atoms with Crippen LogP contribution in [-0.2, 0) is 16.6 Å². The molecule has 1 amide bonds. The third-order valence-electron chi connectivity index (χ3n) is 7.33. The maximum absolute atomic E-state index is 12.0. The van der Waals surface area contributed by atoms with Crippen molar-refractivity contribution in [2.24, 2.45) is 7.05 Å². The second kappa shape index (κ2) is 13.8. The lowest BCUT2D eigenvalue weighted by Gasteiger charge is -2.34. The number of benzene rings is 2. The van der Waals surface area contributed by atoms with Gasteiger partial charge in [-0.15, -0.1) is 0 Å². The van der Waals surface area contributed by atoms with E-state index in [1.54, 1.807) is 24.5 Å². The summed E-state index contributed by atoms with van der Waals surface area (Å²) in [6, 6.07) is 9.60. The van der Waals surface area contributed by atoms with Crippen molar-refractivity contribution in [3.63, 3.8) is 0 Å². The number of anilines is 3. The van der Waals surface area contributed by atoms with Gasteiger partial charge in [0.1, 0.15) is 34.6 Å². The van der Waals surface area contributed by atoms with E-state index in [1.165, 1.54) is 12.4 Å². The SMILES string of the molecule is C=CC(=O)N1CCN(c2ncc3ncnc(Nc4cc(C)c(Oc5ccc6c(c5)ncn6C)cc4OC)c3n2)CC1.O=C(O)C(F)(F)F. The van der Waals surface area contributed by atoms with Crippen LogP contribution >= 0.6 is 0 Å². The number of amides is 1. The Morgan fingerprint density at radius 1 is 1.02 bits per heavy atom. The maximum atomic E-state index is 12.0. The number of ether oxygens (including phenoxy) is 2. The molecule has 1 fully saturated rings. The number of carbonyl (C=O) groups excluding carboxylic acids is 1. The molecule has 14 nitrogen and oxygen atoms in total. The molecule has 3 aromatic heterocycles. The van der Waals surface area contributed by atoms with Crippen LogP contribution in [0.15, 0.2) is 61.8 Å². The van der Waals surface area contributed by atoms with Crippen molar-refractivity contribution in [2.75, 3.05) is 43.5 Å². The minimum atomic E-state index is -5.08. The molecule has 1 saturated heterocycles. The van der Waals surface area contributed by atoms with Gasteiger partial charge in [0.15, 0.2) is 5.82 Å². The zero-order valence-corrected chi connectivity index (χ0v) is 26.0. The van der Waals surface area contributed by atoms with E-state index in [4.69, 9.17) is 24.4 Å². The fourth-order valence-electron chi connectivity index (χ4n) is 4.82. The number of carbonyl (C=O) groups is 2. The van der Waals surface area contributed by atoms with Crippen LogP contribution in [0.5, 0.6) is 17.2 Å². The highest BCUT2D eigenvalue weighted by atomic mass is 19.4. The van der Waals surface area contributed by atoms with Crippen molar-refractivity contribution in [3.8, 4) is 17.2 Å². The fourth-order valence-corrected chi connectivity index (χ4v) is 4.82. The number of hydrogen-bond donors (Lipinski definition) is 2. The lowest BCUT2D eigenvalue weighted by atomic mass is 10.1. The number of aromatic nitrogens is 6. The predicted molar refractivity (Wildman–Crippen MR) is 170 cm³/mol. The Morgan fingerprint density at radius 2 is 1.75 bits per heavy atom. The van der Waals surface area contributed by atoms with Gasteiger partial charge < -0.3 is 34.3 Å². The van der Waals surface area contributed by atoms with Crippen LogP contribution in [0.4, 0.5) is 30.6 Å². The smallest absolute Gasteiger partial charge is 0.490 e. The van der Waals surface area contributed by atoms with Gasteiger partial charge in [-0.3, -0.25) is 4.79 Å². The van der Waals surface area contributed by atoms with E-state index in [0.717, 1.165) is 16.6 Å². The molecule has 4 heterocycles. The first kappa shape index (κ1) is 33.4. The molecule has 0 atom stereocenters. The zero-order valence-electron chi connectivity index (χ0n) is 26.0. The summed E-state index contributed by atoms with van der Waals surface area (Å²) in [6.07, 6.45) is 1.19. The first-order valence-electron chi connectivity index (χ1n) is 14.4. The molecule has 1 aliphatic rings. The Bertz CT molecular complexity index is 1990. The number of fused-ring (bicyclic) bond motifs is 2. The number of nitrogens with zero attached hydrogens (tertiary/aromatic N) is 8. The molecule has 17 heteroatoms. The monoisotopic (exact) mass is 665 g/mol. The standard InChI is InChI=1S/C29H29N9O3.C2HF3O2/c1-5-26(39)37-8-10-38(11-9-37)29-30-15-22-27(35-29)28(32-16-31-22)34-21-12-18(2)24(14-25(21)40-4)41-19-6-7-23-20(13-19)33-17-36(23)3;3-2(4,5)1(6)7/h5-7,12-17H,1,8-11H2,2-4H3,(H,31,32,34);(H,6,7). The van der Waals surface area contributed by atoms with E-state index in [-0.39, 0.29) is 5.91 Å². The molecule has 0 aliphatic carbocycles. The quantitative estimate of drug-likeness (QED) is 0.233. The number of hydrogen-bond acceptors (Lipinski definition) is 11. The van der Waals surface area contributed by atoms with Crippen LogP contribution in [0, 0.1) is 6.92 Å². The Balaban J connectivity index is 0.000000582. The first-order chi connectivity index (χ1) is 22.9. The van der Waals surface area contributed by atoms with Crippen molar-refractivity contribution in [1.82, 2.24) is 34.4 Å². The third-order valence-corrected chi connectivity index (χ3v) is 7.33. The van der Waals surface area contributed by atoms with Gasteiger partial charge in [0.05, 0.1) is 36.4 Å². The van der Waals surface area contributed by atoms with E-state index < -0.39 is 12.1 Å². The Morgan fingerprint density at radius 3 is 2.42 bits per heavy atom. The average Bonchev–Trinajstić information content (AvgIpc) is 3.44. The number of carboxylic acid groups (broad SMARTS) is 1. The third kappa shape index (κ3) is 7.35. The normalized spacial score (nSPS) is 13.1. The summed E-state index contributed by atoms with van der Waals surface area (Å²) in [5.74, 6) is 0.167. The van der Waals surface area contributed by atoms with Crippen LogP contribution in [0.1, 0.15) is 5.56 Å². The van der Waals surface area contributed by atoms with Gasteiger partial charge in [-0.2, -0.15) is 13.2 Å². The maximum Gasteiger partial charge on any atom is 0.490 e. The highest BCUT2D eigenvalue weighted by molar-refractivity contribution is 5.88. The lowest BCUT2D eigenvalue weighted by Crippen LogP contribution is -2.48. The number of halogens is 3. The van der Waals surface area contributed by atoms with Crippen molar-refractivity contribution in [3.05, 3.63) is 67.4 Å². The molecule has 0 radical (unpaired) electrons. The second-order valence-electron chi connectivity index (χ2n) is 10.5. The number of rotatable bonds is 7. The van der Waals surface area contributed by atoms with Crippen molar-refractivity contribution in [2.45, 2.75) is 13.1 Å². The van der Waals surface area contributed by atoms with Gasteiger partial charge in [-0.25, -0.2) is 29.7 Å². The van der Waals surface area contributed by atoms with Crippen molar-refractivity contribution >= 4 is 51.4 Å².